The lowest BCUT2D eigenvalue weighted by molar-refractivity contribution is -0.131. The van der Waals surface area contributed by atoms with E-state index in [1.807, 2.05) is 19.9 Å². The van der Waals surface area contributed by atoms with E-state index in [1.54, 1.807) is 12.1 Å². The molecule has 0 fully saturated rings. The molecule has 0 radical (unpaired) electrons. The van der Waals surface area contributed by atoms with E-state index in [4.69, 9.17) is 30.5 Å². The van der Waals surface area contributed by atoms with Gasteiger partial charge in [-0.25, -0.2) is 0 Å². The summed E-state index contributed by atoms with van der Waals surface area (Å²) in [6.45, 7) is 9.11. The van der Waals surface area contributed by atoms with Crippen molar-refractivity contribution in [1.29, 1.82) is 0 Å². The van der Waals surface area contributed by atoms with Crippen LogP contribution in [0.5, 0.6) is 23.0 Å². The summed E-state index contributed by atoms with van der Waals surface area (Å²) < 4.78 is 23.9. The van der Waals surface area contributed by atoms with Crippen LogP contribution < -0.4 is 18.9 Å². The lowest BCUT2D eigenvalue weighted by Gasteiger charge is -2.22. The molecule has 0 unspecified atom stereocenters. The quantitative estimate of drug-likeness (QED) is 0.193. The number of halogens is 1. The van der Waals surface area contributed by atoms with Gasteiger partial charge in [0, 0.05) is 22.7 Å². The molecule has 0 amide bonds. The Hall–Kier alpha value is -2.14. The van der Waals surface area contributed by atoms with Crippen LogP contribution in [-0.4, -0.2) is 25.8 Å². The van der Waals surface area contributed by atoms with Crippen LogP contribution in [0.2, 0.25) is 5.02 Å². The van der Waals surface area contributed by atoms with Gasteiger partial charge in [0.25, 0.3) is 0 Å². The molecule has 0 saturated heterocycles. The van der Waals surface area contributed by atoms with Crippen molar-refractivity contribution in [3.63, 3.8) is 0 Å². The van der Waals surface area contributed by atoms with Crippen LogP contribution in [0.25, 0.3) is 10.8 Å². The molecule has 166 valence electrons. The number of ether oxygens (including phenoxy) is 4. The molecule has 0 aromatic heterocycles. The molecular formula is C24H33ClO5. The van der Waals surface area contributed by atoms with Gasteiger partial charge in [0.2, 0.25) is 11.5 Å². The van der Waals surface area contributed by atoms with Gasteiger partial charge in [-0.05, 0) is 37.5 Å². The molecule has 5 nitrogen and oxygen atoms in total. The van der Waals surface area contributed by atoms with Gasteiger partial charge in [-0.15, -0.1) is 0 Å². The first kappa shape index (κ1) is 24.1. The first-order valence-electron chi connectivity index (χ1n) is 10.9. The fourth-order valence-corrected chi connectivity index (χ4v) is 3.29. The summed E-state index contributed by atoms with van der Waals surface area (Å²) >= 11 is 6.27. The smallest absolute Gasteiger partial charge is 0.308 e. The van der Waals surface area contributed by atoms with Gasteiger partial charge in [-0.1, -0.05) is 51.6 Å². The number of rotatable bonds is 13. The van der Waals surface area contributed by atoms with Gasteiger partial charge in [0.1, 0.15) is 0 Å². The van der Waals surface area contributed by atoms with Gasteiger partial charge < -0.3 is 18.9 Å². The number of hydrogen-bond donors (Lipinski definition) is 0. The van der Waals surface area contributed by atoms with Crippen LogP contribution in [0.3, 0.4) is 0 Å². The minimum atomic E-state index is -0.438. The van der Waals surface area contributed by atoms with Crippen molar-refractivity contribution >= 4 is 28.3 Å². The molecule has 2 aromatic rings. The summed E-state index contributed by atoms with van der Waals surface area (Å²) in [5, 5.41) is 1.98. The summed E-state index contributed by atoms with van der Waals surface area (Å²) in [5.41, 5.74) is 0. The van der Waals surface area contributed by atoms with Crippen LogP contribution in [0, 0.1) is 0 Å². The summed E-state index contributed by atoms with van der Waals surface area (Å²) in [5.74, 6) is 1.35. The van der Waals surface area contributed by atoms with E-state index >= 15 is 0 Å². The topological polar surface area (TPSA) is 54.0 Å². The Labute approximate surface area is 184 Å². The van der Waals surface area contributed by atoms with E-state index in [0.29, 0.717) is 53.2 Å². The fourth-order valence-electron chi connectivity index (χ4n) is 3.12. The zero-order valence-corrected chi connectivity index (χ0v) is 19.3. The molecule has 6 heteroatoms. The third kappa shape index (κ3) is 6.43. The zero-order valence-electron chi connectivity index (χ0n) is 18.5. The van der Waals surface area contributed by atoms with E-state index in [2.05, 4.69) is 6.92 Å². The molecule has 0 N–H and O–H groups in total. The van der Waals surface area contributed by atoms with Crippen molar-refractivity contribution in [2.24, 2.45) is 0 Å². The number of fused-ring (bicyclic) bond motifs is 1. The van der Waals surface area contributed by atoms with Gasteiger partial charge in [-0.3, -0.25) is 4.79 Å². The second-order valence-electron chi connectivity index (χ2n) is 7.21. The van der Waals surface area contributed by atoms with Crippen LogP contribution in [0.15, 0.2) is 18.2 Å². The lowest BCUT2D eigenvalue weighted by atomic mass is 10.1. The summed E-state index contributed by atoms with van der Waals surface area (Å²) in [4.78, 5) is 11.9. The largest absolute Gasteiger partial charge is 0.489 e. The maximum absolute atomic E-state index is 11.9. The number of benzene rings is 2. The maximum Gasteiger partial charge on any atom is 0.308 e. The fraction of sp³-hybridized carbons (Fsp3) is 0.542. The normalized spacial score (nSPS) is 10.8. The standard InChI is InChI=1S/C24H33ClO5/c1-5-8-9-10-15-29-21-19-12-11-18(25)16-20(19)22(30-17(4)26)24(28-14-7-3)23(21)27-13-6-2/h11-12,16H,5-10,13-15H2,1-4H3. The van der Waals surface area contributed by atoms with Crippen LogP contribution in [0.1, 0.15) is 66.2 Å². The van der Waals surface area contributed by atoms with E-state index < -0.39 is 5.97 Å². The van der Waals surface area contributed by atoms with Gasteiger partial charge in [0.05, 0.1) is 19.8 Å². The van der Waals surface area contributed by atoms with E-state index in [0.717, 1.165) is 31.1 Å². The minimum absolute atomic E-state index is 0.317. The first-order chi connectivity index (χ1) is 14.5. The van der Waals surface area contributed by atoms with Gasteiger partial charge in [-0.2, -0.15) is 0 Å². The Balaban J connectivity index is 2.64. The van der Waals surface area contributed by atoms with Crippen LogP contribution >= 0.6 is 11.6 Å². The zero-order chi connectivity index (χ0) is 21.9. The van der Waals surface area contributed by atoms with Gasteiger partial charge >= 0.3 is 5.97 Å². The van der Waals surface area contributed by atoms with Crippen molar-refractivity contribution in [2.75, 3.05) is 19.8 Å². The highest BCUT2D eigenvalue weighted by atomic mass is 35.5. The maximum atomic E-state index is 11.9. The molecule has 0 aliphatic rings. The average molecular weight is 437 g/mol. The third-order valence-electron chi connectivity index (χ3n) is 4.48. The molecule has 0 atom stereocenters. The van der Waals surface area contributed by atoms with E-state index in [-0.39, 0.29) is 0 Å². The van der Waals surface area contributed by atoms with Crippen molar-refractivity contribution in [1.82, 2.24) is 0 Å². The Morgan fingerprint density at radius 1 is 0.767 bits per heavy atom. The molecule has 30 heavy (non-hydrogen) atoms. The molecule has 0 spiro atoms. The van der Waals surface area contributed by atoms with E-state index in [1.165, 1.54) is 19.8 Å². The predicted molar refractivity (Wildman–Crippen MR) is 121 cm³/mol. The molecule has 2 aromatic carbocycles. The molecule has 0 saturated carbocycles. The summed E-state index contributed by atoms with van der Waals surface area (Å²) in [7, 11) is 0. The molecule has 0 aliphatic heterocycles. The highest BCUT2D eigenvalue weighted by Crippen LogP contribution is 2.52. The third-order valence-corrected chi connectivity index (χ3v) is 4.72. The first-order valence-corrected chi connectivity index (χ1v) is 11.3. The lowest BCUT2D eigenvalue weighted by Crippen LogP contribution is -2.10. The van der Waals surface area contributed by atoms with Crippen molar-refractivity contribution in [3.8, 4) is 23.0 Å². The number of carbonyl (C=O) groups is 1. The monoisotopic (exact) mass is 436 g/mol. The second-order valence-corrected chi connectivity index (χ2v) is 7.64. The number of unbranched alkanes of at least 4 members (excludes halogenated alkanes) is 3. The Morgan fingerprint density at radius 3 is 2.00 bits per heavy atom. The number of carbonyl (C=O) groups excluding carboxylic acids is 1. The molecule has 0 aliphatic carbocycles. The molecule has 0 bridgehead atoms. The van der Waals surface area contributed by atoms with Gasteiger partial charge in [0.15, 0.2) is 11.5 Å². The second kappa shape index (κ2) is 12.5. The van der Waals surface area contributed by atoms with Crippen molar-refractivity contribution in [2.45, 2.75) is 66.2 Å². The highest BCUT2D eigenvalue weighted by molar-refractivity contribution is 6.31. The Kier molecular flexibility index (Phi) is 10.1. The number of esters is 1. The highest BCUT2D eigenvalue weighted by Gasteiger charge is 2.26. The molecule has 2 rings (SSSR count). The molecular weight excluding hydrogens is 404 g/mol. The SMILES string of the molecule is CCCCCCOc1c(OCCC)c(OCCC)c(OC(C)=O)c2cc(Cl)ccc12. The Morgan fingerprint density at radius 2 is 1.40 bits per heavy atom. The van der Waals surface area contributed by atoms with Crippen molar-refractivity contribution < 1.29 is 23.7 Å². The van der Waals surface area contributed by atoms with Crippen LogP contribution in [-0.2, 0) is 4.79 Å². The summed E-state index contributed by atoms with van der Waals surface area (Å²) in [6, 6.07) is 5.43. The van der Waals surface area contributed by atoms with Crippen molar-refractivity contribution in [3.05, 3.63) is 23.2 Å². The number of hydrogen-bond acceptors (Lipinski definition) is 5. The Bertz CT molecular complexity index is 834. The predicted octanol–water partition coefficient (Wildman–Crippen LogP) is 6.96. The minimum Gasteiger partial charge on any atom is -0.489 e. The molecule has 0 heterocycles. The average Bonchev–Trinajstić information content (AvgIpc) is 2.72. The van der Waals surface area contributed by atoms with E-state index in [9.17, 15) is 4.79 Å². The van der Waals surface area contributed by atoms with Crippen LogP contribution in [0.4, 0.5) is 0 Å². The summed E-state index contributed by atoms with van der Waals surface area (Å²) in [6.07, 6.45) is 6.02.